The molecule has 4 atom stereocenters. The van der Waals surface area contributed by atoms with E-state index >= 15 is 0 Å². The summed E-state index contributed by atoms with van der Waals surface area (Å²) in [5.41, 5.74) is 1.32. The van der Waals surface area contributed by atoms with E-state index < -0.39 is 30.1 Å². The van der Waals surface area contributed by atoms with Gasteiger partial charge in [-0.1, -0.05) is 32.1 Å². The molecule has 206 valence electrons. The molecular formula is C29H38N2O7. The number of amides is 2. The molecule has 0 bridgehead atoms. The molecule has 0 unspecified atom stereocenters. The van der Waals surface area contributed by atoms with E-state index in [2.05, 4.69) is 5.32 Å². The molecule has 5 rings (SSSR count). The van der Waals surface area contributed by atoms with Gasteiger partial charge in [-0.3, -0.25) is 14.4 Å². The van der Waals surface area contributed by atoms with Crippen LogP contribution < -0.4 is 14.8 Å². The first kappa shape index (κ1) is 26.7. The maximum atomic E-state index is 13.9. The minimum absolute atomic E-state index is 0.0141. The van der Waals surface area contributed by atoms with Crippen LogP contribution in [0.4, 0.5) is 0 Å². The van der Waals surface area contributed by atoms with Crippen molar-refractivity contribution in [1.82, 2.24) is 10.2 Å². The second-order valence-electron chi connectivity index (χ2n) is 10.9. The summed E-state index contributed by atoms with van der Waals surface area (Å²) >= 11 is 0. The van der Waals surface area contributed by atoms with Gasteiger partial charge in [0.25, 0.3) is 0 Å². The third-order valence-electron chi connectivity index (χ3n) is 8.66. The molecule has 38 heavy (non-hydrogen) atoms. The lowest BCUT2D eigenvalue weighted by Crippen LogP contribution is -2.59. The summed E-state index contributed by atoms with van der Waals surface area (Å²) in [5.74, 6) is -0.314. The van der Waals surface area contributed by atoms with Crippen molar-refractivity contribution in [1.29, 1.82) is 0 Å². The first-order chi connectivity index (χ1) is 18.5. The molecule has 9 heteroatoms. The van der Waals surface area contributed by atoms with Crippen LogP contribution in [-0.2, 0) is 9.59 Å². The molecule has 3 aliphatic carbocycles. The number of nitrogens with zero attached hydrogens (tertiary/aromatic N) is 1. The van der Waals surface area contributed by atoms with Crippen molar-refractivity contribution in [2.45, 2.75) is 88.0 Å². The van der Waals surface area contributed by atoms with E-state index in [1.807, 2.05) is 4.90 Å². The second kappa shape index (κ2) is 11.5. The van der Waals surface area contributed by atoms with Crippen molar-refractivity contribution in [3.63, 3.8) is 0 Å². The Kier molecular flexibility index (Phi) is 8.04. The number of carbonyl (C=O) groups excluding carboxylic acids is 3. The summed E-state index contributed by atoms with van der Waals surface area (Å²) in [5, 5.41) is 23.9. The average Bonchev–Trinajstić information content (AvgIpc) is 3.08. The summed E-state index contributed by atoms with van der Waals surface area (Å²) in [6.07, 6.45) is 9.27. The van der Waals surface area contributed by atoms with Gasteiger partial charge in [0.05, 0.1) is 25.7 Å². The zero-order chi connectivity index (χ0) is 26.8. The van der Waals surface area contributed by atoms with Gasteiger partial charge in [-0.2, -0.15) is 0 Å². The number of methoxy groups -OCH3 is 1. The number of nitrogens with one attached hydrogen (secondary N) is 1. The fourth-order valence-electron chi connectivity index (χ4n) is 6.50. The highest BCUT2D eigenvalue weighted by molar-refractivity contribution is 5.96. The van der Waals surface area contributed by atoms with Gasteiger partial charge < -0.3 is 29.9 Å². The van der Waals surface area contributed by atoms with Gasteiger partial charge in [0.1, 0.15) is 18.5 Å². The minimum Gasteiger partial charge on any atom is -0.493 e. The Morgan fingerprint density at radius 2 is 1.87 bits per heavy atom. The number of hydrogen-bond donors (Lipinski definition) is 3. The molecule has 0 spiro atoms. The molecule has 2 fully saturated rings. The normalized spacial score (nSPS) is 27.1. The van der Waals surface area contributed by atoms with Crippen molar-refractivity contribution < 1.29 is 34.1 Å². The van der Waals surface area contributed by atoms with Crippen LogP contribution in [0.2, 0.25) is 0 Å². The number of hydrogen-bond acceptors (Lipinski definition) is 7. The summed E-state index contributed by atoms with van der Waals surface area (Å²) in [6.45, 7) is -0.150. The fourth-order valence-corrected chi connectivity index (χ4v) is 6.50. The van der Waals surface area contributed by atoms with Crippen molar-refractivity contribution in [3.8, 4) is 11.5 Å². The molecule has 0 saturated heterocycles. The smallest absolute Gasteiger partial charge is 0.247 e. The largest absolute Gasteiger partial charge is 0.493 e. The highest BCUT2D eigenvalue weighted by Crippen LogP contribution is 2.51. The molecule has 2 amide bonds. The van der Waals surface area contributed by atoms with Crippen molar-refractivity contribution in [2.75, 3.05) is 20.3 Å². The lowest BCUT2D eigenvalue weighted by Gasteiger charge is -2.46. The van der Waals surface area contributed by atoms with Crippen molar-refractivity contribution >= 4 is 18.1 Å². The van der Waals surface area contributed by atoms with Crippen molar-refractivity contribution in [3.05, 3.63) is 34.9 Å². The zero-order valence-corrected chi connectivity index (χ0v) is 21.9. The van der Waals surface area contributed by atoms with Gasteiger partial charge in [-0.25, -0.2) is 0 Å². The molecule has 0 aromatic heterocycles. The maximum Gasteiger partial charge on any atom is 0.247 e. The van der Waals surface area contributed by atoms with E-state index in [1.165, 1.54) is 7.11 Å². The number of carbonyl (C=O) groups is 3. The topological polar surface area (TPSA) is 125 Å². The molecular weight excluding hydrogens is 488 g/mol. The van der Waals surface area contributed by atoms with Crippen LogP contribution in [-0.4, -0.2) is 77.8 Å². The third-order valence-corrected chi connectivity index (χ3v) is 8.66. The second-order valence-corrected chi connectivity index (χ2v) is 10.9. The maximum absolute atomic E-state index is 13.9. The molecule has 4 aliphatic rings. The first-order valence-electron chi connectivity index (χ1n) is 13.9. The van der Waals surface area contributed by atoms with E-state index in [0.29, 0.717) is 34.5 Å². The van der Waals surface area contributed by atoms with E-state index in [-0.39, 0.29) is 31.0 Å². The van der Waals surface area contributed by atoms with Crippen LogP contribution in [0.1, 0.15) is 79.6 Å². The molecule has 1 aliphatic heterocycles. The first-order valence-corrected chi connectivity index (χ1v) is 13.9. The number of aldehydes is 1. The number of aliphatic hydroxyl groups excluding tert-OH is 2. The van der Waals surface area contributed by atoms with Gasteiger partial charge in [-0.15, -0.1) is 0 Å². The molecule has 0 radical (unpaired) electrons. The Hall–Kier alpha value is -2.91. The van der Waals surface area contributed by atoms with Gasteiger partial charge in [-0.05, 0) is 43.9 Å². The Morgan fingerprint density at radius 1 is 1.13 bits per heavy atom. The summed E-state index contributed by atoms with van der Waals surface area (Å²) in [6, 6.07) is 2.49. The molecule has 1 heterocycles. The van der Waals surface area contributed by atoms with Gasteiger partial charge in [0.15, 0.2) is 11.5 Å². The molecule has 2 saturated carbocycles. The lowest BCUT2D eigenvalue weighted by molar-refractivity contribution is -0.148. The molecule has 1 aromatic rings. The Labute approximate surface area is 223 Å². The Bertz CT molecular complexity index is 1090. The number of ether oxygens (including phenoxy) is 2. The SMILES string of the molecule is COc1cc(C=O)cc2c1O[C@@H]1[C@@H](O)[C@H](N(C(=O)C3CCC3)C3CCCCCC3)C=C(C(=O)NCCO)[C@H]21. The molecule has 3 N–H and O–H groups in total. The number of rotatable bonds is 8. The van der Waals surface area contributed by atoms with Crippen LogP contribution in [0.25, 0.3) is 0 Å². The van der Waals surface area contributed by atoms with Crippen LogP contribution in [0, 0.1) is 5.92 Å². The van der Waals surface area contributed by atoms with Gasteiger partial charge >= 0.3 is 0 Å². The van der Waals surface area contributed by atoms with Crippen molar-refractivity contribution in [2.24, 2.45) is 5.92 Å². The van der Waals surface area contributed by atoms with E-state index in [9.17, 15) is 24.6 Å². The minimum atomic E-state index is -1.08. The predicted octanol–water partition coefficient (Wildman–Crippen LogP) is 2.48. The summed E-state index contributed by atoms with van der Waals surface area (Å²) in [7, 11) is 1.48. The zero-order valence-electron chi connectivity index (χ0n) is 21.9. The molecule has 9 nitrogen and oxygen atoms in total. The number of benzene rings is 1. The predicted molar refractivity (Wildman–Crippen MR) is 139 cm³/mol. The van der Waals surface area contributed by atoms with Crippen LogP contribution in [0.3, 0.4) is 0 Å². The Balaban J connectivity index is 1.59. The van der Waals surface area contributed by atoms with Crippen LogP contribution in [0.5, 0.6) is 11.5 Å². The standard InChI is InChI=1S/C29H38N2O7/c1-37-23-14-17(16-33)13-20-24-21(28(35)30-11-12-32)15-22(25(34)27(24)38-26(20)23)31(29(36)18-7-6-8-18)19-9-4-2-3-5-10-19/h13-16,18-19,22,24-25,27,32,34H,2-12H2,1H3,(H,30,35)/t22-,24+,25+,27+/m1/s1. The van der Waals surface area contributed by atoms with Gasteiger partial charge in [0, 0.05) is 35.2 Å². The average molecular weight is 527 g/mol. The summed E-state index contributed by atoms with van der Waals surface area (Å²) < 4.78 is 11.8. The number of fused-ring (bicyclic) bond motifs is 3. The van der Waals surface area contributed by atoms with Crippen LogP contribution in [0.15, 0.2) is 23.8 Å². The van der Waals surface area contributed by atoms with E-state index in [0.717, 1.165) is 57.8 Å². The Morgan fingerprint density at radius 3 is 2.47 bits per heavy atom. The fraction of sp³-hybridized carbons (Fsp3) is 0.621. The quantitative estimate of drug-likeness (QED) is 0.351. The highest BCUT2D eigenvalue weighted by Gasteiger charge is 2.52. The number of aliphatic hydroxyl groups is 2. The van der Waals surface area contributed by atoms with Crippen LogP contribution >= 0.6 is 0 Å². The van der Waals surface area contributed by atoms with E-state index in [4.69, 9.17) is 9.47 Å². The highest BCUT2D eigenvalue weighted by atomic mass is 16.5. The summed E-state index contributed by atoms with van der Waals surface area (Å²) in [4.78, 5) is 40.9. The van der Waals surface area contributed by atoms with Gasteiger partial charge in [0.2, 0.25) is 11.8 Å². The monoisotopic (exact) mass is 526 g/mol. The lowest BCUT2D eigenvalue weighted by atomic mass is 9.76. The van der Waals surface area contributed by atoms with E-state index in [1.54, 1.807) is 18.2 Å². The molecule has 1 aromatic carbocycles. The third kappa shape index (κ3) is 4.82.